The third kappa shape index (κ3) is 4.15. The van der Waals surface area contributed by atoms with E-state index in [0.717, 1.165) is 18.9 Å². The van der Waals surface area contributed by atoms with Gasteiger partial charge in [-0.2, -0.15) is 0 Å². The lowest BCUT2D eigenvalue weighted by atomic mass is 10.0. The highest BCUT2D eigenvalue weighted by Crippen LogP contribution is 2.24. The van der Waals surface area contributed by atoms with E-state index in [2.05, 4.69) is 32.6 Å². The first-order valence-corrected chi connectivity index (χ1v) is 6.80. The molecule has 2 nitrogen and oxygen atoms in total. The monoisotopic (exact) mass is 225 g/mol. The SMILES string of the molecule is CC(C)CCC1CCCN1C(=O)CC(C)C. The fourth-order valence-electron chi connectivity index (χ4n) is 2.46. The van der Waals surface area contributed by atoms with Crippen molar-refractivity contribution in [1.29, 1.82) is 0 Å². The summed E-state index contributed by atoms with van der Waals surface area (Å²) < 4.78 is 0. The van der Waals surface area contributed by atoms with Crippen molar-refractivity contribution in [2.24, 2.45) is 11.8 Å². The molecule has 0 aromatic carbocycles. The molecule has 1 saturated heterocycles. The number of rotatable bonds is 5. The van der Waals surface area contributed by atoms with Gasteiger partial charge in [0, 0.05) is 19.0 Å². The van der Waals surface area contributed by atoms with Gasteiger partial charge in [-0.1, -0.05) is 27.7 Å². The molecule has 1 unspecified atom stereocenters. The van der Waals surface area contributed by atoms with Crippen molar-refractivity contribution in [3.8, 4) is 0 Å². The van der Waals surface area contributed by atoms with Gasteiger partial charge in [0.05, 0.1) is 0 Å². The molecule has 1 amide bonds. The van der Waals surface area contributed by atoms with Gasteiger partial charge in [-0.3, -0.25) is 4.79 Å². The summed E-state index contributed by atoms with van der Waals surface area (Å²) >= 11 is 0. The summed E-state index contributed by atoms with van der Waals surface area (Å²) in [6.07, 6.45) is 5.58. The minimum absolute atomic E-state index is 0.376. The second kappa shape index (κ2) is 6.27. The highest BCUT2D eigenvalue weighted by molar-refractivity contribution is 5.77. The number of carbonyl (C=O) groups excluding carboxylic acids is 1. The molecule has 0 radical (unpaired) electrons. The Kier molecular flexibility index (Phi) is 5.30. The van der Waals surface area contributed by atoms with Crippen molar-refractivity contribution in [1.82, 2.24) is 4.90 Å². The van der Waals surface area contributed by atoms with Crippen molar-refractivity contribution in [3.05, 3.63) is 0 Å². The Labute approximate surface area is 100 Å². The molecule has 0 bridgehead atoms. The highest BCUT2D eigenvalue weighted by Gasteiger charge is 2.28. The van der Waals surface area contributed by atoms with Crippen LogP contribution < -0.4 is 0 Å². The van der Waals surface area contributed by atoms with Gasteiger partial charge in [-0.15, -0.1) is 0 Å². The van der Waals surface area contributed by atoms with Gasteiger partial charge in [0.1, 0.15) is 0 Å². The van der Waals surface area contributed by atoms with E-state index in [0.29, 0.717) is 17.9 Å². The number of hydrogen-bond donors (Lipinski definition) is 0. The number of hydrogen-bond acceptors (Lipinski definition) is 1. The first-order valence-electron chi connectivity index (χ1n) is 6.80. The summed E-state index contributed by atoms with van der Waals surface area (Å²) in [6.45, 7) is 9.76. The lowest BCUT2D eigenvalue weighted by Crippen LogP contribution is -2.36. The Morgan fingerprint density at radius 3 is 2.50 bits per heavy atom. The second-order valence-electron chi connectivity index (χ2n) is 5.95. The third-order valence-electron chi connectivity index (χ3n) is 3.36. The lowest BCUT2D eigenvalue weighted by Gasteiger charge is -2.26. The van der Waals surface area contributed by atoms with Crippen molar-refractivity contribution in [2.75, 3.05) is 6.54 Å². The topological polar surface area (TPSA) is 20.3 Å². The first-order chi connectivity index (χ1) is 7.50. The van der Waals surface area contributed by atoms with Crippen LogP contribution in [0.2, 0.25) is 0 Å². The molecule has 94 valence electrons. The molecule has 1 atom stereocenters. The van der Waals surface area contributed by atoms with E-state index < -0.39 is 0 Å². The number of nitrogens with zero attached hydrogens (tertiary/aromatic N) is 1. The molecule has 1 fully saturated rings. The first kappa shape index (κ1) is 13.5. The van der Waals surface area contributed by atoms with Crippen LogP contribution in [-0.4, -0.2) is 23.4 Å². The molecule has 0 aromatic rings. The summed E-state index contributed by atoms with van der Waals surface area (Å²) in [4.78, 5) is 14.2. The maximum absolute atomic E-state index is 12.0. The van der Waals surface area contributed by atoms with E-state index in [1.54, 1.807) is 0 Å². The number of carbonyl (C=O) groups is 1. The molecular weight excluding hydrogens is 198 g/mol. The fourth-order valence-corrected chi connectivity index (χ4v) is 2.46. The molecule has 0 saturated carbocycles. The smallest absolute Gasteiger partial charge is 0.223 e. The van der Waals surface area contributed by atoms with Gasteiger partial charge < -0.3 is 4.90 Å². The van der Waals surface area contributed by atoms with E-state index in [4.69, 9.17) is 0 Å². The molecule has 16 heavy (non-hydrogen) atoms. The minimum Gasteiger partial charge on any atom is -0.340 e. The molecule has 0 aliphatic carbocycles. The van der Waals surface area contributed by atoms with E-state index in [1.165, 1.54) is 25.7 Å². The minimum atomic E-state index is 0.376. The molecule has 1 rings (SSSR count). The van der Waals surface area contributed by atoms with Crippen LogP contribution in [0.1, 0.15) is 59.8 Å². The molecule has 0 spiro atoms. The van der Waals surface area contributed by atoms with Crippen LogP contribution in [0, 0.1) is 11.8 Å². The van der Waals surface area contributed by atoms with Crippen LogP contribution in [0.25, 0.3) is 0 Å². The normalized spacial score (nSPS) is 21.1. The van der Waals surface area contributed by atoms with Crippen molar-refractivity contribution in [3.63, 3.8) is 0 Å². The number of likely N-dealkylation sites (tertiary alicyclic amines) is 1. The predicted octanol–water partition coefficient (Wildman–Crippen LogP) is 3.46. The van der Waals surface area contributed by atoms with Crippen LogP contribution in [0.5, 0.6) is 0 Å². The molecule has 0 N–H and O–H groups in total. The zero-order valence-electron chi connectivity index (χ0n) is 11.3. The summed E-state index contributed by atoms with van der Waals surface area (Å²) in [5.74, 6) is 1.61. The molecule has 1 heterocycles. The largest absolute Gasteiger partial charge is 0.340 e. The molecule has 1 aliphatic heterocycles. The summed E-state index contributed by atoms with van der Waals surface area (Å²) in [6, 6.07) is 0.536. The van der Waals surface area contributed by atoms with E-state index in [9.17, 15) is 4.79 Å². The Balaban J connectivity index is 2.42. The van der Waals surface area contributed by atoms with Crippen molar-refractivity contribution >= 4 is 5.91 Å². The Hall–Kier alpha value is -0.530. The summed E-state index contributed by atoms with van der Waals surface area (Å²) in [5.41, 5.74) is 0. The Bertz CT molecular complexity index is 223. The third-order valence-corrected chi connectivity index (χ3v) is 3.36. The molecule has 2 heteroatoms. The highest BCUT2D eigenvalue weighted by atomic mass is 16.2. The molecule has 1 aliphatic rings. The summed E-state index contributed by atoms with van der Waals surface area (Å²) in [5, 5.41) is 0. The van der Waals surface area contributed by atoms with Gasteiger partial charge in [-0.25, -0.2) is 0 Å². The van der Waals surface area contributed by atoms with Crippen LogP contribution >= 0.6 is 0 Å². The average Bonchev–Trinajstić information content (AvgIpc) is 2.61. The van der Waals surface area contributed by atoms with E-state index in [-0.39, 0.29) is 0 Å². The lowest BCUT2D eigenvalue weighted by molar-refractivity contribution is -0.132. The van der Waals surface area contributed by atoms with Crippen LogP contribution in [-0.2, 0) is 4.79 Å². The van der Waals surface area contributed by atoms with E-state index >= 15 is 0 Å². The summed E-state index contributed by atoms with van der Waals surface area (Å²) in [7, 11) is 0. The predicted molar refractivity (Wildman–Crippen MR) is 68.3 cm³/mol. The van der Waals surface area contributed by atoms with Gasteiger partial charge in [-0.05, 0) is 37.5 Å². The maximum Gasteiger partial charge on any atom is 0.223 e. The van der Waals surface area contributed by atoms with E-state index in [1.807, 2.05) is 0 Å². The number of amides is 1. The molecular formula is C14H27NO. The molecule has 0 aromatic heterocycles. The van der Waals surface area contributed by atoms with Crippen molar-refractivity contribution in [2.45, 2.75) is 65.8 Å². The van der Waals surface area contributed by atoms with Gasteiger partial charge in [0.2, 0.25) is 5.91 Å². The van der Waals surface area contributed by atoms with Crippen LogP contribution in [0.4, 0.5) is 0 Å². The maximum atomic E-state index is 12.0. The average molecular weight is 225 g/mol. The van der Waals surface area contributed by atoms with Crippen LogP contribution in [0.3, 0.4) is 0 Å². The van der Waals surface area contributed by atoms with Crippen LogP contribution in [0.15, 0.2) is 0 Å². The zero-order chi connectivity index (χ0) is 12.1. The van der Waals surface area contributed by atoms with Gasteiger partial charge >= 0.3 is 0 Å². The standard InChI is InChI=1S/C14H27NO/c1-11(2)7-8-13-6-5-9-15(13)14(16)10-12(3)4/h11-13H,5-10H2,1-4H3. The fraction of sp³-hybridized carbons (Fsp3) is 0.929. The van der Waals surface area contributed by atoms with Crippen molar-refractivity contribution < 1.29 is 4.79 Å². The van der Waals surface area contributed by atoms with Gasteiger partial charge in [0.15, 0.2) is 0 Å². The Morgan fingerprint density at radius 1 is 1.25 bits per heavy atom. The van der Waals surface area contributed by atoms with Gasteiger partial charge in [0.25, 0.3) is 0 Å². The quantitative estimate of drug-likeness (QED) is 0.701. The second-order valence-corrected chi connectivity index (χ2v) is 5.95. The zero-order valence-corrected chi connectivity index (χ0v) is 11.3. The Morgan fingerprint density at radius 2 is 1.94 bits per heavy atom.